The number of aryl methyl sites for hydroxylation is 1. The second-order valence-corrected chi connectivity index (χ2v) is 8.84. The highest BCUT2D eigenvalue weighted by Gasteiger charge is 2.30. The Balaban J connectivity index is 1.23. The summed E-state index contributed by atoms with van der Waals surface area (Å²) in [5.41, 5.74) is 2.12. The predicted octanol–water partition coefficient (Wildman–Crippen LogP) is 4.44. The van der Waals surface area contributed by atoms with Gasteiger partial charge in [-0.1, -0.05) is 12.1 Å². The molecule has 0 spiro atoms. The van der Waals surface area contributed by atoms with Gasteiger partial charge in [-0.25, -0.2) is 13.2 Å². The molecule has 1 N–H and O–H groups in total. The van der Waals surface area contributed by atoms with E-state index in [4.69, 9.17) is 0 Å². The number of aromatic nitrogens is 2. The molecule has 184 valence electrons. The second-order valence-electron chi connectivity index (χ2n) is 8.84. The zero-order valence-electron chi connectivity index (χ0n) is 19.4. The van der Waals surface area contributed by atoms with Gasteiger partial charge < -0.3 is 9.80 Å². The van der Waals surface area contributed by atoms with Crippen LogP contribution in [0, 0.1) is 23.4 Å². The standard InChI is InChI=1S/C26H27F3N4O2/c1-32(11-3-6-21-16-24(31-30-21)18-4-2-5-19(27)14-18)25(34)17-9-12-33(13-10-17)26(35)22-8-7-20(28)15-23(22)29/h2,4-5,7-8,14-17H,3,6,9-13H2,1H3,(H,30,31). The van der Waals surface area contributed by atoms with E-state index in [0.717, 1.165) is 24.2 Å². The molecule has 2 amide bonds. The van der Waals surface area contributed by atoms with Gasteiger partial charge in [-0.3, -0.25) is 14.7 Å². The first-order valence-corrected chi connectivity index (χ1v) is 11.6. The van der Waals surface area contributed by atoms with E-state index in [9.17, 15) is 22.8 Å². The summed E-state index contributed by atoms with van der Waals surface area (Å²) in [4.78, 5) is 28.6. The molecule has 1 aliphatic heterocycles. The normalized spacial score (nSPS) is 14.2. The third-order valence-corrected chi connectivity index (χ3v) is 6.36. The molecule has 0 aliphatic carbocycles. The van der Waals surface area contributed by atoms with E-state index in [1.807, 2.05) is 6.07 Å². The van der Waals surface area contributed by atoms with E-state index in [0.29, 0.717) is 56.2 Å². The molecule has 2 aromatic carbocycles. The van der Waals surface area contributed by atoms with Gasteiger partial charge in [0.2, 0.25) is 5.91 Å². The molecule has 35 heavy (non-hydrogen) atoms. The van der Waals surface area contributed by atoms with Crippen LogP contribution in [0.15, 0.2) is 48.5 Å². The lowest BCUT2D eigenvalue weighted by atomic mass is 9.94. The van der Waals surface area contributed by atoms with Gasteiger partial charge in [0.15, 0.2) is 0 Å². The fourth-order valence-corrected chi connectivity index (χ4v) is 4.38. The topological polar surface area (TPSA) is 69.3 Å². The number of H-pyrrole nitrogens is 1. The Morgan fingerprint density at radius 1 is 1.06 bits per heavy atom. The van der Waals surface area contributed by atoms with Crippen molar-refractivity contribution in [2.75, 3.05) is 26.7 Å². The summed E-state index contributed by atoms with van der Waals surface area (Å²) in [5.74, 6) is -2.59. The monoisotopic (exact) mass is 484 g/mol. The minimum atomic E-state index is -0.881. The molecule has 1 aromatic heterocycles. The lowest BCUT2D eigenvalue weighted by molar-refractivity contribution is -0.135. The van der Waals surface area contributed by atoms with E-state index >= 15 is 0 Å². The van der Waals surface area contributed by atoms with Gasteiger partial charge in [-0.15, -0.1) is 0 Å². The van der Waals surface area contributed by atoms with Gasteiger partial charge in [0, 0.05) is 49.9 Å². The van der Waals surface area contributed by atoms with Crippen LogP contribution >= 0.6 is 0 Å². The van der Waals surface area contributed by atoms with Crippen molar-refractivity contribution in [2.45, 2.75) is 25.7 Å². The molecule has 1 saturated heterocycles. The molecular formula is C26H27F3N4O2. The van der Waals surface area contributed by atoms with Crippen LogP contribution in [0.3, 0.4) is 0 Å². The smallest absolute Gasteiger partial charge is 0.256 e. The Morgan fingerprint density at radius 2 is 1.80 bits per heavy atom. The van der Waals surface area contributed by atoms with Crippen molar-refractivity contribution < 1.29 is 22.8 Å². The van der Waals surface area contributed by atoms with Crippen molar-refractivity contribution in [2.24, 2.45) is 5.92 Å². The molecule has 0 bridgehead atoms. The molecule has 0 atom stereocenters. The van der Waals surface area contributed by atoms with Gasteiger partial charge in [-0.05, 0) is 56.0 Å². The van der Waals surface area contributed by atoms with Gasteiger partial charge in [0.05, 0.1) is 11.3 Å². The summed E-state index contributed by atoms with van der Waals surface area (Å²) in [6.45, 7) is 1.25. The largest absolute Gasteiger partial charge is 0.346 e. The van der Waals surface area contributed by atoms with Crippen LogP contribution in [-0.2, 0) is 11.2 Å². The van der Waals surface area contributed by atoms with Crippen molar-refractivity contribution in [3.63, 3.8) is 0 Å². The summed E-state index contributed by atoms with van der Waals surface area (Å²) in [6, 6.07) is 11.0. The Kier molecular flexibility index (Phi) is 7.53. The average Bonchev–Trinajstić information content (AvgIpc) is 3.32. The number of benzene rings is 2. The van der Waals surface area contributed by atoms with Crippen molar-refractivity contribution in [1.29, 1.82) is 0 Å². The number of aromatic amines is 1. The number of nitrogens with one attached hydrogen (secondary N) is 1. The predicted molar refractivity (Wildman–Crippen MR) is 125 cm³/mol. The fraction of sp³-hybridized carbons (Fsp3) is 0.346. The Labute approximate surface area is 201 Å². The van der Waals surface area contributed by atoms with Gasteiger partial charge >= 0.3 is 0 Å². The number of rotatable bonds is 7. The molecule has 6 nitrogen and oxygen atoms in total. The van der Waals surface area contributed by atoms with Gasteiger partial charge in [0.25, 0.3) is 5.91 Å². The maximum atomic E-state index is 13.9. The van der Waals surface area contributed by atoms with Crippen LogP contribution in [0.2, 0.25) is 0 Å². The first-order valence-electron chi connectivity index (χ1n) is 11.6. The van der Waals surface area contributed by atoms with E-state index in [2.05, 4.69) is 10.2 Å². The number of carbonyl (C=O) groups excluding carboxylic acids is 2. The van der Waals surface area contributed by atoms with Crippen LogP contribution in [0.4, 0.5) is 13.2 Å². The number of hydrogen-bond donors (Lipinski definition) is 1. The highest BCUT2D eigenvalue weighted by atomic mass is 19.1. The molecule has 4 rings (SSSR count). The third kappa shape index (κ3) is 5.90. The van der Waals surface area contributed by atoms with E-state index in [1.165, 1.54) is 17.0 Å². The Hall–Kier alpha value is -3.62. The molecule has 1 aliphatic rings. The van der Waals surface area contributed by atoms with Gasteiger partial charge in [-0.2, -0.15) is 5.10 Å². The number of carbonyl (C=O) groups is 2. The number of piperidine rings is 1. The highest BCUT2D eigenvalue weighted by Crippen LogP contribution is 2.23. The molecule has 9 heteroatoms. The third-order valence-electron chi connectivity index (χ3n) is 6.36. The number of likely N-dealkylation sites (tertiary alicyclic amines) is 1. The number of nitrogens with zero attached hydrogens (tertiary/aromatic N) is 3. The van der Waals surface area contributed by atoms with Crippen molar-refractivity contribution in [3.05, 3.63) is 77.2 Å². The van der Waals surface area contributed by atoms with Crippen LogP contribution in [0.5, 0.6) is 0 Å². The molecular weight excluding hydrogens is 457 g/mol. The van der Waals surface area contributed by atoms with Crippen LogP contribution in [0.25, 0.3) is 11.3 Å². The summed E-state index contributed by atoms with van der Waals surface area (Å²) in [7, 11) is 1.76. The first-order chi connectivity index (χ1) is 16.8. The van der Waals surface area contributed by atoms with Gasteiger partial charge in [0.1, 0.15) is 17.5 Å². The summed E-state index contributed by atoms with van der Waals surface area (Å²) in [5, 5.41) is 7.21. The minimum Gasteiger partial charge on any atom is -0.346 e. The lowest BCUT2D eigenvalue weighted by Gasteiger charge is -2.33. The Bertz CT molecular complexity index is 1200. The van der Waals surface area contributed by atoms with Crippen molar-refractivity contribution in [3.8, 4) is 11.3 Å². The summed E-state index contributed by atoms with van der Waals surface area (Å²) < 4.78 is 40.5. The number of halogens is 3. The fourth-order valence-electron chi connectivity index (χ4n) is 4.38. The summed E-state index contributed by atoms with van der Waals surface area (Å²) >= 11 is 0. The lowest BCUT2D eigenvalue weighted by Crippen LogP contribution is -2.43. The van der Waals surface area contributed by atoms with Crippen LogP contribution < -0.4 is 0 Å². The maximum Gasteiger partial charge on any atom is 0.256 e. The maximum absolute atomic E-state index is 13.9. The molecule has 1 fully saturated rings. The molecule has 0 radical (unpaired) electrons. The quantitative estimate of drug-likeness (QED) is 0.539. The number of hydrogen-bond acceptors (Lipinski definition) is 3. The minimum absolute atomic E-state index is 0.0233. The number of amides is 2. The first kappa shape index (κ1) is 24.5. The SMILES string of the molecule is CN(CCCc1cc(-c2cccc(F)c2)n[nH]1)C(=O)C1CCN(C(=O)c2ccc(F)cc2F)CC1. The Morgan fingerprint density at radius 3 is 2.51 bits per heavy atom. The zero-order chi connectivity index (χ0) is 24.9. The molecule has 3 aromatic rings. The molecule has 0 unspecified atom stereocenters. The highest BCUT2D eigenvalue weighted by molar-refractivity contribution is 5.94. The summed E-state index contributed by atoms with van der Waals surface area (Å²) in [6.07, 6.45) is 2.41. The van der Waals surface area contributed by atoms with Crippen LogP contribution in [0.1, 0.15) is 35.3 Å². The average molecular weight is 485 g/mol. The van der Waals surface area contributed by atoms with E-state index in [1.54, 1.807) is 24.1 Å². The molecule has 2 heterocycles. The van der Waals surface area contributed by atoms with E-state index < -0.39 is 17.5 Å². The van der Waals surface area contributed by atoms with E-state index in [-0.39, 0.29) is 23.2 Å². The van der Waals surface area contributed by atoms with Crippen molar-refractivity contribution in [1.82, 2.24) is 20.0 Å². The second kappa shape index (κ2) is 10.8. The van der Waals surface area contributed by atoms with Crippen LogP contribution in [-0.4, -0.2) is 58.5 Å². The van der Waals surface area contributed by atoms with Crippen molar-refractivity contribution >= 4 is 11.8 Å². The zero-order valence-corrected chi connectivity index (χ0v) is 19.4. The molecule has 0 saturated carbocycles.